The SMILES string of the molecule is COc1ccc(C2(NC(=O)OC(C)(C)C)CN(C(=O)OC(C)(C)C)C2)cc1OC. The number of methoxy groups -OCH3 is 2. The highest BCUT2D eigenvalue weighted by atomic mass is 16.6. The number of hydrogen-bond acceptors (Lipinski definition) is 6. The van der Waals surface area contributed by atoms with E-state index in [-0.39, 0.29) is 13.1 Å². The van der Waals surface area contributed by atoms with Crippen LogP contribution < -0.4 is 14.8 Å². The average molecular weight is 408 g/mol. The molecule has 0 atom stereocenters. The molecule has 0 spiro atoms. The van der Waals surface area contributed by atoms with Crippen LogP contribution >= 0.6 is 0 Å². The van der Waals surface area contributed by atoms with Gasteiger partial charge < -0.3 is 29.2 Å². The summed E-state index contributed by atoms with van der Waals surface area (Å²) in [5, 5.41) is 2.93. The zero-order chi connectivity index (χ0) is 22.0. The van der Waals surface area contributed by atoms with Gasteiger partial charge in [0.2, 0.25) is 0 Å². The van der Waals surface area contributed by atoms with Gasteiger partial charge in [-0.05, 0) is 59.2 Å². The van der Waals surface area contributed by atoms with Gasteiger partial charge in [0.25, 0.3) is 0 Å². The molecule has 8 nitrogen and oxygen atoms in total. The van der Waals surface area contributed by atoms with Gasteiger partial charge in [-0.2, -0.15) is 0 Å². The van der Waals surface area contributed by atoms with E-state index >= 15 is 0 Å². The summed E-state index contributed by atoms with van der Waals surface area (Å²) in [5.41, 5.74) is -1.28. The smallest absolute Gasteiger partial charge is 0.410 e. The number of ether oxygens (including phenoxy) is 4. The lowest BCUT2D eigenvalue weighted by Gasteiger charge is -2.50. The zero-order valence-corrected chi connectivity index (χ0v) is 18.5. The standard InChI is InChI=1S/C21H32N2O6/c1-19(2,3)28-17(24)22-21(12-23(13-21)18(25)29-20(4,5)6)14-9-10-15(26-7)16(11-14)27-8/h9-11H,12-13H2,1-8H3,(H,22,24). The summed E-state index contributed by atoms with van der Waals surface area (Å²) < 4.78 is 21.6. The second kappa shape index (κ2) is 8.00. The molecule has 2 amide bonds. The molecule has 1 aromatic rings. The van der Waals surface area contributed by atoms with E-state index < -0.39 is 28.9 Å². The lowest BCUT2D eigenvalue weighted by atomic mass is 9.82. The average Bonchev–Trinajstić information content (AvgIpc) is 2.53. The topological polar surface area (TPSA) is 86.3 Å². The Morgan fingerprint density at radius 3 is 1.97 bits per heavy atom. The number of benzene rings is 1. The number of nitrogens with one attached hydrogen (secondary N) is 1. The molecule has 0 aromatic heterocycles. The molecule has 29 heavy (non-hydrogen) atoms. The summed E-state index contributed by atoms with van der Waals surface area (Å²) in [6.45, 7) is 11.3. The van der Waals surface area contributed by atoms with Crippen molar-refractivity contribution in [2.75, 3.05) is 27.3 Å². The molecule has 162 valence electrons. The third-order valence-electron chi connectivity index (χ3n) is 4.25. The molecule has 0 radical (unpaired) electrons. The van der Waals surface area contributed by atoms with Gasteiger partial charge in [0.1, 0.15) is 16.7 Å². The van der Waals surface area contributed by atoms with Crippen molar-refractivity contribution in [2.45, 2.75) is 58.3 Å². The first-order valence-corrected chi connectivity index (χ1v) is 9.50. The first kappa shape index (κ1) is 22.6. The van der Waals surface area contributed by atoms with Crippen LogP contribution in [-0.2, 0) is 15.0 Å². The van der Waals surface area contributed by atoms with Crippen LogP contribution in [0.5, 0.6) is 11.5 Å². The van der Waals surface area contributed by atoms with Crippen molar-refractivity contribution >= 4 is 12.2 Å². The fourth-order valence-corrected chi connectivity index (χ4v) is 3.03. The van der Waals surface area contributed by atoms with Crippen LogP contribution in [0.15, 0.2) is 18.2 Å². The summed E-state index contributed by atoms with van der Waals surface area (Å²) in [5.74, 6) is 1.11. The van der Waals surface area contributed by atoms with Crippen molar-refractivity contribution < 1.29 is 28.5 Å². The Kier molecular flexibility index (Phi) is 6.25. The Hall–Kier alpha value is -2.64. The predicted octanol–water partition coefficient (Wildman–Crippen LogP) is 3.67. The highest BCUT2D eigenvalue weighted by molar-refractivity contribution is 5.73. The minimum absolute atomic E-state index is 0.247. The molecule has 0 bridgehead atoms. The van der Waals surface area contributed by atoms with E-state index in [1.807, 2.05) is 26.8 Å². The van der Waals surface area contributed by atoms with Crippen molar-refractivity contribution in [1.82, 2.24) is 10.2 Å². The normalized spacial score (nSPS) is 15.8. The summed E-state index contributed by atoms with van der Waals surface area (Å²) in [6.07, 6.45) is -0.990. The van der Waals surface area contributed by atoms with E-state index in [2.05, 4.69) is 5.32 Å². The number of carbonyl (C=O) groups is 2. The third kappa shape index (κ3) is 5.68. The van der Waals surface area contributed by atoms with Crippen molar-refractivity contribution in [1.29, 1.82) is 0 Å². The minimum Gasteiger partial charge on any atom is -0.493 e. The van der Waals surface area contributed by atoms with Crippen molar-refractivity contribution in [2.24, 2.45) is 0 Å². The molecule has 1 aliphatic rings. The van der Waals surface area contributed by atoms with Gasteiger partial charge in [0, 0.05) is 0 Å². The lowest BCUT2D eigenvalue weighted by molar-refractivity contribution is -0.0230. The number of nitrogens with zero attached hydrogens (tertiary/aromatic N) is 1. The summed E-state index contributed by atoms with van der Waals surface area (Å²) in [7, 11) is 3.10. The first-order valence-electron chi connectivity index (χ1n) is 9.50. The number of likely N-dealkylation sites (tertiary alicyclic amines) is 1. The maximum atomic E-state index is 12.5. The fourth-order valence-electron chi connectivity index (χ4n) is 3.03. The van der Waals surface area contributed by atoms with E-state index in [0.717, 1.165) is 5.56 Å². The second-order valence-electron chi connectivity index (χ2n) is 9.12. The number of hydrogen-bond donors (Lipinski definition) is 1. The first-order chi connectivity index (χ1) is 13.3. The molecule has 1 heterocycles. The van der Waals surface area contributed by atoms with Gasteiger partial charge in [0.05, 0.1) is 27.3 Å². The molecular formula is C21H32N2O6. The Bertz CT molecular complexity index is 757. The maximum absolute atomic E-state index is 12.5. The predicted molar refractivity (Wildman–Crippen MR) is 108 cm³/mol. The van der Waals surface area contributed by atoms with Crippen LogP contribution in [0, 0.1) is 0 Å². The number of amides is 2. The Balaban J connectivity index is 2.29. The maximum Gasteiger partial charge on any atom is 0.410 e. The molecule has 1 saturated heterocycles. The molecule has 2 rings (SSSR count). The number of rotatable bonds is 4. The van der Waals surface area contributed by atoms with Crippen LogP contribution in [0.3, 0.4) is 0 Å². The van der Waals surface area contributed by atoms with Crippen molar-refractivity contribution in [3.63, 3.8) is 0 Å². The van der Waals surface area contributed by atoms with Crippen molar-refractivity contribution in [3.05, 3.63) is 23.8 Å². The molecular weight excluding hydrogens is 376 g/mol. The van der Waals surface area contributed by atoms with Crippen LogP contribution in [-0.4, -0.2) is 55.6 Å². The Labute approximate surface area is 172 Å². The highest BCUT2D eigenvalue weighted by Gasteiger charge is 2.50. The minimum atomic E-state index is -0.821. The molecule has 0 saturated carbocycles. The molecule has 0 unspecified atom stereocenters. The Morgan fingerprint density at radius 2 is 1.48 bits per heavy atom. The molecule has 8 heteroatoms. The lowest BCUT2D eigenvalue weighted by Crippen LogP contribution is -2.69. The molecule has 1 N–H and O–H groups in total. The van der Waals surface area contributed by atoms with Gasteiger partial charge in [-0.25, -0.2) is 9.59 Å². The zero-order valence-electron chi connectivity index (χ0n) is 18.5. The number of alkyl carbamates (subject to hydrolysis) is 1. The monoisotopic (exact) mass is 408 g/mol. The largest absolute Gasteiger partial charge is 0.493 e. The van der Waals surface area contributed by atoms with Crippen LogP contribution in [0.1, 0.15) is 47.1 Å². The fraction of sp³-hybridized carbons (Fsp3) is 0.619. The number of carbonyl (C=O) groups excluding carboxylic acids is 2. The third-order valence-corrected chi connectivity index (χ3v) is 4.25. The van der Waals surface area contributed by atoms with Crippen LogP contribution in [0.2, 0.25) is 0 Å². The molecule has 1 aliphatic heterocycles. The second-order valence-corrected chi connectivity index (χ2v) is 9.12. The van der Waals surface area contributed by atoms with E-state index in [1.54, 1.807) is 52.0 Å². The summed E-state index contributed by atoms with van der Waals surface area (Å²) >= 11 is 0. The summed E-state index contributed by atoms with van der Waals surface area (Å²) in [6, 6.07) is 5.40. The van der Waals surface area contributed by atoms with E-state index in [0.29, 0.717) is 11.5 Å². The van der Waals surface area contributed by atoms with Gasteiger partial charge in [-0.15, -0.1) is 0 Å². The molecule has 1 aromatic carbocycles. The van der Waals surface area contributed by atoms with Gasteiger partial charge in [-0.3, -0.25) is 0 Å². The summed E-state index contributed by atoms with van der Waals surface area (Å²) in [4.78, 5) is 26.5. The van der Waals surface area contributed by atoms with Crippen molar-refractivity contribution in [3.8, 4) is 11.5 Å². The van der Waals surface area contributed by atoms with Crippen LogP contribution in [0.4, 0.5) is 9.59 Å². The van der Waals surface area contributed by atoms with Gasteiger partial charge in [-0.1, -0.05) is 6.07 Å². The van der Waals surface area contributed by atoms with E-state index in [1.165, 1.54) is 0 Å². The van der Waals surface area contributed by atoms with Crippen LogP contribution in [0.25, 0.3) is 0 Å². The van der Waals surface area contributed by atoms with E-state index in [4.69, 9.17) is 18.9 Å². The quantitative estimate of drug-likeness (QED) is 0.818. The molecule has 0 aliphatic carbocycles. The Morgan fingerprint density at radius 1 is 0.931 bits per heavy atom. The van der Waals surface area contributed by atoms with Gasteiger partial charge in [0.15, 0.2) is 11.5 Å². The van der Waals surface area contributed by atoms with E-state index in [9.17, 15) is 9.59 Å². The molecule has 1 fully saturated rings. The van der Waals surface area contributed by atoms with Gasteiger partial charge >= 0.3 is 12.2 Å². The highest BCUT2D eigenvalue weighted by Crippen LogP contribution is 2.38.